The summed E-state index contributed by atoms with van der Waals surface area (Å²) in [4.78, 5) is 14.4. The van der Waals surface area contributed by atoms with Crippen LogP contribution in [0.5, 0.6) is 11.5 Å². The van der Waals surface area contributed by atoms with Gasteiger partial charge in [0.25, 0.3) is 0 Å². The molecule has 2 aliphatic rings. The van der Waals surface area contributed by atoms with E-state index in [1.54, 1.807) is 4.90 Å². The van der Waals surface area contributed by atoms with Crippen LogP contribution < -0.4 is 15.2 Å². The second-order valence-electron chi connectivity index (χ2n) is 6.88. The van der Waals surface area contributed by atoms with E-state index in [2.05, 4.69) is 0 Å². The average Bonchev–Trinajstić information content (AvgIpc) is 3.03. The molecule has 134 valence electrons. The summed E-state index contributed by atoms with van der Waals surface area (Å²) < 4.78 is 10.7. The van der Waals surface area contributed by atoms with Gasteiger partial charge in [0.2, 0.25) is 12.7 Å². The summed E-state index contributed by atoms with van der Waals surface area (Å²) in [5, 5.41) is 0. The van der Waals surface area contributed by atoms with Crippen molar-refractivity contribution in [3.05, 3.63) is 23.8 Å². The van der Waals surface area contributed by atoms with E-state index in [1.165, 1.54) is 19.3 Å². The van der Waals surface area contributed by atoms with E-state index >= 15 is 0 Å². The molecular formula is C18H27ClN2O3. The van der Waals surface area contributed by atoms with E-state index in [4.69, 9.17) is 15.2 Å². The van der Waals surface area contributed by atoms with Gasteiger partial charge in [-0.15, -0.1) is 12.4 Å². The Hall–Kier alpha value is -1.46. The van der Waals surface area contributed by atoms with E-state index in [-0.39, 0.29) is 30.5 Å². The van der Waals surface area contributed by atoms with Gasteiger partial charge in [-0.2, -0.15) is 0 Å². The molecule has 0 bridgehead atoms. The molecule has 3 rings (SSSR count). The minimum Gasteiger partial charge on any atom is -0.454 e. The highest BCUT2D eigenvalue weighted by molar-refractivity contribution is 5.85. The fourth-order valence-corrected chi connectivity index (χ4v) is 3.61. The lowest BCUT2D eigenvalue weighted by molar-refractivity contribution is -0.133. The Kier molecular flexibility index (Phi) is 6.35. The third-order valence-corrected chi connectivity index (χ3v) is 5.16. The van der Waals surface area contributed by atoms with E-state index in [9.17, 15) is 4.79 Å². The highest BCUT2D eigenvalue weighted by atomic mass is 35.5. The maximum atomic E-state index is 12.6. The minimum atomic E-state index is 0. The second-order valence-corrected chi connectivity index (χ2v) is 6.88. The maximum Gasteiger partial charge on any atom is 0.231 e. The molecule has 0 atom stereocenters. The summed E-state index contributed by atoms with van der Waals surface area (Å²) in [6.07, 6.45) is 6.36. The van der Waals surface area contributed by atoms with Crippen molar-refractivity contribution in [2.24, 2.45) is 11.1 Å². The molecule has 1 aromatic carbocycles. The first kappa shape index (κ1) is 18.9. The van der Waals surface area contributed by atoms with Crippen LogP contribution in [-0.2, 0) is 11.3 Å². The average molecular weight is 355 g/mol. The first-order valence-corrected chi connectivity index (χ1v) is 8.44. The molecule has 1 heterocycles. The Morgan fingerprint density at radius 2 is 1.92 bits per heavy atom. The maximum absolute atomic E-state index is 12.6. The Morgan fingerprint density at radius 3 is 2.62 bits per heavy atom. The van der Waals surface area contributed by atoms with Crippen molar-refractivity contribution in [2.75, 3.05) is 20.4 Å². The highest BCUT2D eigenvalue weighted by Gasteiger charge is 2.33. The zero-order valence-corrected chi connectivity index (χ0v) is 15.1. The lowest BCUT2D eigenvalue weighted by atomic mass is 9.71. The lowest BCUT2D eigenvalue weighted by Crippen LogP contribution is -2.39. The van der Waals surface area contributed by atoms with Gasteiger partial charge in [-0.3, -0.25) is 4.79 Å². The molecule has 1 aromatic rings. The van der Waals surface area contributed by atoms with Crippen LogP contribution in [0, 0.1) is 5.41 Å². The number of hydrogen-bond donors (Lipinski definition) is 1. The highest BCUT2D eigenvalue weighted by Crippen LogP contribution is 2.39. The molecule has 2 N–H and O–H groups in total. The summed E-state index contributed by atoms with van der Waals surface area (Å²) in [6, 6.07) is 5.83. The topological polar surface area (TPSA) is 64.8 Å². The van der Waals surface area contributed by atoms with Gasteiger partial charge >= 0.3 is 0 Å². The quantitative estimate of drug-likeness (QED) is 0.882. The van der Waals surface area contributed by atoms with Crippen LogP contribution in [0.2, 0.25) is 0 Å². The number of carbonyl (C=O) groups excluding carboxylic acids is 1. The molecule has 1 aliphatic heterocycles. The van der Waals surface area contributed by atoms with E-state index < -0.39 is 0 Å². The Balaban J connectivity index is 0.00000208. The van der Waals surface area contributed by atoms with E-state index in [1.807, 2.05) is 25.2 Å². The fourth-order valence-electron chi connectivity index (χ4n) is 3.61. The van der Waals surface area contributed by atoms with Crippen molar-refractivity contribution in [2.45, 2.75) is 45.1 Å². The fraction of sp³-hybridized carbons (Fsp3) is 0.611. The van der Waals surface area contributed by atoms with Crippen LogP contribution in [0.25, 0.3) is 0 Å². The lowest BCUT2D eigenvalue weighted by Gasteiger charge is -2.36. The SMILES string of the molecule is CN(Cc1ccc2c(c1)OCO2)C(=O)CC1(CN)CCCCC1.Cl. The zero-order valence-electron chi connectivity index (χ0n) is 14.3. The van der Waals surface area contributed by atoms with Crippen LogP contribution in [0.3, 0.4) is 0 Å². The van der Waals surface area contributed by atoms with Gasteiger partial charge in [-0.1, -0.05) is 25.3 Å². The van der Waals surface area contributed by atoms with Crippen LogP contribution in [0.15, 0.2) is 18.2 Å². The van der Waals surface area contributed by atoms with E-state index in [0.717, 1.165) is 29.9 Å². The number of amides is 1. The van der Waals surface area contributed by atoms with Crippen LogP contribution in [0.4, 0.5) is 0 Å². The standard InChI is InChI=1S/C18H26N2O3.ClH/c1-20(11-14-5-6-15-16(9-14)23-13-22-15)17(21)10-18(12-19)7-3-2-4-8-18;/h5-6,9H,2-4,7-8,10-13,19H2,1H3;1H. The monoisotopic (exact) mass is 354 g/mol. The number of rotatable bonds is 5. The zero-order chi connectivity index (χ0) is 16.3. The van der Waals surface area contributed by atoms with Gasteiger partial charge in [-0.25, -0.2) is 0 Å². The van der Waals surface area contributed by atoms with Crippen LogP contribution >= 0.6 is 12.4 Å². The van der Waals surface area contributed by atoms with Gasteiger partial charge in [-0.05, 0) is 42.5 Å². The molecule has 5 nitrogen and oxygen atoms in total. The minimum absolute atomic E-state index is 0. The number of fused-ring (bicyclic) bond motifs is 1. The number of hydrogen-bond acceptors (Lipinski definition) is 4. The number of carbonyl (C=O) groups is 1. The summed E-state index contributed by atoms with van der Waals surface area (Å²) in [6.45, 7) is 1.46. The number of halogens is 1. The molecule has 0 aromatic heterocycles. The molecule has 1 fully saturated rings. The Morgan fingerprint density at radius 1 is 1.21 bits per heavy atom. The van der Waals surface area contributed by atoms with Crippen molar-refractivity contribution < 1.29 is 14.3 Å². The van der Waals surface area contributed by atoms with Crippen molar-refractivity contribution in [1.82, 2.24) is 4.90 Å². The summed E-state index contributed by atoms with van der Waals surface area (Å²) in [7, 11) is 1.86. The number of nitrogens with zero attached hydrogens (tertiary/aromatic N) is 1. The van der Waals surface area contributed by atoms with Crippen molar-refractivity contribution in [1.29, 1.82) is 0 Å². The molecule has 0 spiro atoms. The number of nitrogens with two attached hydrogens (primary N) is 1. The van der Waals surface area contributed by atoms with Gasteiger partial charge in [0.05, 0.1) is 0 Å². The van der Waals surface area contributed by atoms with Crippen LogP contribution in [-0.4, -0.2) is 31.2 Å². The summed E-state index contributed by atoms with van der Waals surface area (Å²) >= 11 is 0. The second kappa shape index (κ2) is 8.08. The van der Waals surface area contributed by atoms with Gasteiger partial charge < -0.3 is 20.1 Å². The van der Waals surface area contributed by atoms with Crippen LogP contribution in [0.1, 0.15) is 44.1 Å². The third kappa shape index (κ3) is 4.14. The molecule has 1 aliphatic carbocycles. The van der Waals surface area contributed by atoms with Crippen molar-refractivity contribution >= 4 is 18.3 Å². The number of benzene rings is 1. The molecule has 1 amide bonds. The normalized spacial score (nSPS) is 17.9. The smallest absolute Gasteiger partial charge is 0.231 e. The van der Waals surface area contributed by atoms with Crippen molar-refractivity contribution in [3.8, 4) is 11.5 Å². The first-order chi connectivity index (χ1) is 11.1. The number of ether oxygens (including phenoxy) is 2. The van der Waals surface area contributed by atoms with Gasteiger partial charge in [0, 0.05) is 20.0 Å². The molecule has 24 heavy (non-hydrogen) atoms. The summed E-state index contributed by atoms with van der Waals surface area (Å²) in [5.74, 6) is 1.70. The third-order valence-electron chi connectivity index (χ3n) is 5.16. The van der Waals surface area contributed by atoms with Gasteiger partial charge in [0.1, 0.15) is 0 Å². The molecule has 1 saturated carbocycles. The molecule has 0 unspecified atom stereocenters. The molecule has 0 radical (unpaired) electrons. The molecular weight excluding hydrogens is 328 g/mol. The Bertz CT molecular complexity index is 573. The predicted octanol–water partition coefficient (Wildman–Crippen LogP) is 3.09. The van der Waals surface area contributed by atoms with E-state index in [0.29, 0.717) is 19.5 Å². The van der Waals surface area contributed by atoms with Crippen molar-refractivity contribution in [3.63, 3.8) is 0 Å². The predicted molar refractivity (Wildman–Crippen MR) is 95.5 cm³/mol. The van der Waals surface area contributed by atoms with Gasteiger partial charge in [0.15, 0.2) is 11.5 Å². The summed E-state index contributed by atoms with van der Waals surface area (Å²) in [5.41, 5.74) is 7.06. The Labute approximate surface area is 149 Å². The first-order valence-electron chi connectivity index (χ1n) is 8.44. The molecule has 0 saturated heterocycles. The largest absolute Gasteiger partial charge is 0.454 e. The molecule has 6 heteroatoms.